The van der Waals surface area contributed by atoms with Gasteiger partial charge in [-0.25, -0.2) is 0 Å². The normalized spacial score (nSPS) is 21.7. The van der Waals surface area contributed by atoms with Gasteiger partial charge in [-0.1, -0.05) is 12.1 Å². The van der Waals surface area contributed by atoms with E-state index in [1.165, 1.54) is 16.8 Å². The number of hydrogen-bond acceptors (Lipinski definition) is 2. The van der Waals surface area contributed by atoms with Crippen molar-refractivity contribution in [3.05, 3.63) is 29.3 Å². The molecule has 1 aliphatic heterocycles. The summed E-state index contributed by atoms with van der Waals surface area (Å²) in [6.45, 7) is 9.53. The average molecular weight is 261 g/mol. The van der Waals surface area contributed by atoms with Gasteiger partial charge in [0.15, 0.2) is 0 Å². The maximum absolute atomic E-state index is 11.0. The fourth-order valence-corrected chi connectivity index (χ4v) is 3.17. The van der Waals surface area contributed by atoms with Gasteiger partial charge in [-0.05, 0) is 57.2 Å². The van der Waals surface area contributed by atoms with Gasteiger partial charge in [0, 0.05) is 17.8 Å². The first-order chi connectivity index (χ1) is 8.84. The SMILES string of the molecule is Cc1cccc(N2CCC(CC(=O)O)C2(C)C)c1C. The molecule has 1 fully saturated rings. The van der Waals surface area contributed by atoms with Crippen LogP contribution in [-0.2, 0) is 4.79 Å². The van der Waals surface area contributed by atoms with E-state index >= 15 is 0 Å². The maximum Gasteiger partial charge on any atom is 0.303 e. The quantitative estimate of drug-likeness (QED) is 0.906. The fraction of sp³-hybridized carbons (Fsp3) is 0.562. The molecule has 1 aliphatic rings. The molecular formula is C16H23NO2. The van der Waals surface area contributed by atoms with E-state index in [0.29, 0.717) is 0 Å². The van der Waals surface area contributed by atoms with Crippen LogP contribution in [0.25, 0.3) is 0 Å². The van der Waals surface area contributed by atoms with E-state index in [1.807, 2.05) is 0 Å². The van der Waals surface area contributed by atoms with Crippen LogP contribution in [0.15, 0.2) is 18.2 Å². The molecule has 2 rings (SSSR count). The van der Waals surface area contributed by atoms with Crippen LogP contribution in [0.1, 0.15) is 37.8 Å². The van der Waals surface area contributed by atoms with Crippen molar-refractivity contribution in [1.82, 2.24) is 0 Å². The van der Waals surface area contributed by atoms with Crippen LogP contribution in [0.3, 0.4) is 0 Å². The minimum Gasteiger partial charge on any atom is -0.481 e. The summed E-state index contributed by atoms with van der Waals surface area (Å²) in [6, 6.07) is 6.35. The number of anilines is 1. The Bertz CT molecular complexity index is 494. The second-order valence-electron chi connectivity index (χ2n) is 6.11. The topological polar surface area (TPSA) is 40.5 Å². The summed E-state index contributed by atoms with van der Waals surface area (Å²) in [6.07, 6.45) is 1.21. The highest BCUT2D eigenvalue weighted by atomic mass is 16.4. The lowest BCUT2D eigenvalue weighted by Crippen LogP contribution is -2.43. The Morgan fingerprint density at radius 2 is 2.11 bits per heavy atom. The zero-order chi connectivity index (χ0) is 14.2. The predicted octanol–water partition coefficient (Wildman–Crippen LogP) is 3.38. The zero-order valence-electron chi connectivity index (χ0n) is 12.2. The minimum atomic E-state index is -0.694. The number of nitrogens with zero attached hydrogens (tertiary/aromatic N) is 1. The lowest BCUT2D eigenvalue weighted by molar-refractivity contribution is -0.138. The highest BCUT2D eigenvalue weighted by Crippen LogP contribution is 2.41. The Hall–Kier alpha value is -1.51. The van der Waals surface area contributed by atoms with Crippen LogP contribution < -0.4 is 4.90 Å². The van der Waals surface area contributed by atoms with Crippen molar-refractivity contribution >= 4 is 11.7 Å². The molecule has 0 aliphatic carbocycles. The van der Waals surface area contributed by atoms with Crippen molar-refractivity contribution in [3.63, 3.8) is 0 Å². The standard InChI is InChI=1S/C16H23NO2/c1-11-6-5-7-14(12(11)2)17-9-8-13(10-15(18)19)16(17,3)4/h5-7,13H,8-10H2,1-4H3,(H,18,19). The zero-order valence-corrected chi connectivity index (χ0v) is 12.2. The van der Waals surface area contributed by atoms with Gasteiger partial charge < -0.3 is 10.0 Å². The number of aryl methyl sites for hydroxylation is 1. The number of aliphatic carboxylic acids is 1. The molecular weight excluding hydrogens is 238 g/mol. The number of carbonyl (C=O) groups is 1. The highest BCUT2D eigenvalue weighted by Gasteiger charge is 2.42. The van der Waals surface area contributed by atoms with Crippen LogP contribution in [0.4, 0.5) is 5.69 Å². The van der Waals surface area contributed by atoms with E-state index in [-0.39, 0.29) is 17.9 Å². The van der Waals surface area contributed by atoms with Crippen molar-refractivity contribution in [2.75, 3.05) is 11.4 Å². The van der Waals surface area contributed by atoms with Crippen LogP contribution in [0, 0.1) is 19.8 Å². The number of benzene rings is 1. The number of hydrogen-bond donors (Lipinski definition) is 1. The van der Waals surface area contributed by atoms with Crippen LogP contribution >= 0.6 is 0 Å². The lowest BCUT2D eigenvalue weighted by atomic mass is 9.85. The molecule has 0 saturated carbocycles. The molecule has 0 bridgehead atoms. The summed E-state index contributed by atoms with van der Waals surface area (Å²) in [7, 11) is 0. The average Bonchev–Trinajstić information content (AvgIpc) is 2.58. The third-order valence-corrected chi connectivity index (χ3v) is 4.68. The van der Waals surface area contributed by atoms with Gasteiger partial charge in [-0.2, -0.15) is 0 Å². The molecule has 1 atom stereocenters. The summed E-state index contributed by atoms with van der Waals surface area (Å²) >= 11 is 0. The first-order valence-corrected chi connectivity index (χ1v) is 6.89. The van der Waals surface area contributed by atoms with Gasteiger partial charge >= 0.3 is 5.97 Å². The van der Waals surface area contributed by atoms with Gasteiger partial charge in [0.05, 0.1) is 6.42 Å². The molecule has 0 amide bonds. The third-order valence-electron chi connectivity index (χ3n) is 4.68. The largest absolute Gasteiger partial charge is 0.481 e. The minimum absolute atomic E-state index is 0.100. The summed E-state index contributed by atoms with van der Waals surface area (Å²) in [5, 5.41) is 9.04. The summed E-state index contributed by atoms with van der Waals surface area (Å²) in [5.74, 6) is -0.481. The summed E-state index contributed by atoms with van der Waals surface area (Å²) < 4.78 is 0. The fourth-order valence-electron chi connectivity index (χ4n) is 3.17. The monoisotopic (exact) mass is 261 g/mol. The molecule has 19 heavy (non-hydrogen) atoms. The molecule has 104 valence electrons. The number of carboxylic acid groups (broad SMARTS) is 1. The number of carboxylic acids is 1. The molecule has 3 heteroatoms. The molecule has 0 spiro atoms. The lowest BCUT2D eigenvalue weighted by Gasteiger charge is -2.38. The van der Waals surface area contributed by atoms with Gasteiger partial charge in [0.25, 0.3) is 0 Å². The number of rotatable bonds is 3. The second kappa shape index (κ2) is 4.87. The van der Waals surface area contributed by atoms with E-state index in [2.05, 4.69) is 50.8 Å². The molecule has 1 unspecified atom stereocenters. The van der Waals surface area contributed by atoms with Crippen molar-refractivity contribution in [1.29, 1.82) is 0 Å². The summed E-state index contributed by atoms with van der Waals surface area (Å²) in [4.78, 5) is 13.4. The van der Waals surface area contributed by atoms with E-state index < -0.39 is 5.97 Å². The van der Waals surface area contributed by atoms with E-state index in [1.54, 1.807) is 0 Å². The van der Waals surface area contributed by atoms with Gasteiger partial charge in [-0.15, -0.1) is 0 Å². The van der Waals surface area contributed by atoms with Crippen LogP contribution in [-0.4, -0.2) is 23.2 Å². The van der Waals surface area contributed by atoms with E-state index in [4.69, 9.17) is 5.11 Å². The van der Waals surface area contributed by atoms with Crippen LogP contribution in [0.2, 0.25) is 0 Å². The van der Waals surface area contributed by atoms with Gasteiger partial charge in [0.1, 0.15) is 0 Å². The molecule has 0 aromatic heterocycles. The highest BCUT2D eigenvalue weighted by molar-refractivity contribution is 5.68. The molecule has 1 saturated heterocycles. The first kappa shape index (κ1) is 13.9. The van der Waals surface area contributed by atoms with Crippen molar-refractivity contribution in [3.8, 4) is 0 Å². The molecule has 3 nitrogen and oxygen atoms in total. The predicted molar refractivity (Wildman–Crippen MR) is 77.7 cm³/mol. The van der Waals surface area contributed by atoms with E-state index in [9.17, 15) is 4.79 Å². The first-order valence-electron chi connectivity index (χ1n) is 6.89. The molecule has 1 heterocycles. The van der Waals surface area contributed by atoms with Crippen molar-refractivity contribution in [2.45, 2.75) is 46.1 Å². The molecule has 1 N–H and O–H groups in total. The third kappa shape index (κ3) is 2.46. The Labute approximate surface area is 115 Å². The van der Waals surface area contributed by atoms with E-state index in [0.717, 1.165) is 13.0 Å². The molecule has 0 radical (unpaired) electrons. The van der Waals surface area contributed by atoms with Gasteiger partial charge in [-0.3, -0.25) is 4.79 Å². The molecule has 1 aromatic carbocycles. The Morgan fingerprint density at radius 3 is 2.74 bits per heavy atom. The summed E-state index contributed by atoms with van der Waals surface area (Å²) in [5.41, 5.74) is 3.73. The smallest absolute Gasteiger partial charge is 0.303 e. The Balaban J connectivity index is 2.32. The Kier molecular flexibility index (Phi) is 3.57. The second-order valence-corrected chi connectivity index (χ2v) is 6.11. The van der Waals surface area contributed by atoms with Gasteiger partial charge in [0.2, 0.25) is 0 Å². The van der Waals surface area contributed by atoms with Crippen molar-refractivity contribution < 1.29 is 9.90 Å². The Morgan fingerprint density at radius 1 is 1.42 bits per heavy atom. The van der Waals surface area contributed by atoms with Crippen LogP contribution in [0.5, 0.6) is 0 Å². The maximum atomic E-state index is 11.0. The van der Waals surface area contributed by atoms with Crippen molar-refractivity contribution in [2.24, 2.45) is 5.92 Å². The molecule has 1 aromatic rings.